The molecule has 1 aromatic heterocycles. The van der Waals surface area contributed by atoms with Crippen molar-refractivity contribution in [2.45, 2.75) is 0 Å². The maximum atomic E-state index is 9.36. The Kier molecular flexibility index (Phi) is 1.92. The predicted molar refractivity (Wildman–Crippen MR) is 50.9 cm³/mol. The van der Waals surface area contributed by atoms with Gasteiger partial charge < -0.3 is 14.6 Å². The van der Waals surface area contributed by atoms with Gasteiger partial charge >= 0.3 is 0 Å². The molecule has 0 spiro atoms. The highest BCUT2D eigenvalue weighted by Gasteiger charge is 2.13. The summed E-state index contributed by atoms with van der Waals surface area (Å²) >= 11 is 0. The number of aromatic nitrogens is 2. The fourth-order valence-corrected chi connectivity index (χ4v) is 1.39. The Hall–Kier alpha value is -1.91. The number of hydrogen-bond donors (Lipinski definition) is 2. The molecule has 0 bridgehead atoms. The summed E-state index contributed by atoms with van der Waals surface area (Å²) in [7, 11) is 3.09. The zero-order chi connectivity index (χ0) is 10.1. The number of hydrogen-bond acceptors (Lipinski definition) is 4. The second-order valence-electron chi connectivity index (χ2n) is 2.77. The highest BCUT2D eigenvalue weighted by molar-refractivity contribution is 5.90. The number of ether oxygens (including phenoxy) is 2. The van der Waals surface area contributed by atoms with Gasteiger partial charge in [0.1, 0.15) is 5.52 Å². The van der Waals surface area contributed by atoms with Crippen LogP contribution >= 0.6 is 0 Å². The molecular weight excluding hydrogens is 184 g/mol. The summed E-state index contributed by atoms with van der Waals surface area (Å²) in [5.41, 5.74) is 0.629. The fraction of sp³-hybridized carbons (Fsp3) is 0.222. The highest BCUT2D eigenvalue weighted by Crippen LogP contribution is 2.36. The molecule has 74 valence electrons. The Morgan fingerprint density at radius 2 is 2.07 bits per heavy atom. The molecule has 0 aliphatic heterocycles. The molecule has 0 amide bonds. The molecule has 1 heterocycles. The third-order valence-electron chi connectivity index (χ3n) is 2.06. The van der Waals surface area contributed by atoms with Gasteiger partial charge in [0.15, 0.2) is 11.5 Å². The average molecular weight is 194 g/mol. The Labute approximate surface area is 80.3 Å². The van der Waals surface area contributed by atoms with Crippen LogP contribution in [0.5, 0.6) is 17.4 Å². The monoisotopic (exact) mass is 194 g/mol. The molecule has 2 aromatic rings. The molecular formula is C9H10N2O3. The molecule has 0 unspecified atom stereocenters. The largest absolute Gasteiger partial charge is 0.493 e. The van der Waals surface area contributed by atoms with Crippen molar-refractivity contribution in [3.63, 3.8) is 0 Å². The smallest absolute Gasteiger partial charge is 0.238 e. The maximum Gasteiger partial charge on any atom is 0.238 e. The van der Waals surface area contributed by atoms with Gasteiger partial charge in [0.25, 0.3) is 0 Å². The molecule has 0 radical (unpaired) electrons. The second kappa shape index (κ2) is 3.10. The van der Waals surface area contributed by atoms with E-state index in [1.807, 2.05) is 0 Å². The maximum absolute atomic E-state index is 9.36. The first-order chi connectivity index (χ1) is 6.77. The number of benzene rings is 1. The van der Waals surface area contributed by atoms with Crippen LogP contribution in [0.1, 0.15) is 0 Å². The van der Waals surface area contributed by atoms with Crippen molar-refractivity contribution in [1.82, 2.24) is 10.2 Å². The number of methoxy groups -OCH3 is 2. The van der Waals surface area contributed by atoms with E-state index in [9.17, 15) is 5.11 Å². The molecule has 2 N–H and O–H groups in total. The van der Waals surface area contributed by atoms with E-state index in [0.29, 0.717) is 22.4 Å². The van der Waals surface area contributed by atoms with Crippen molar-refractivity contribution < 1.29 is 14.6 Å². The van der Waals surface area contributed by atoms with Crippen LogP contribution < -0.4 is 9.47 Å². The number of nitrogens with one attached hydrogen (secondary N) is 1. The van der Waals surface area contributed by atoms with Gasteiger partial charge in [-0.15, -0.1) is 5.10 Å². The summed E-state index contributed by atoms with van der Waals surface area (Å²) in [6, 6.07) is 3.44. The van der Waals surface area contributed by atoms with Crippen molar-refractivity contribution >= 4 is 10.9 Å². The molecule has 0 atom stereocenters. The van der Waals surface area contributed by atoms with E-state index in [1.54, 1.807) is 19.2 Å². The molecule has 0 saturated carbocycles. The molecule has 0 saturated heterocycles. The van der Waals surface area contributed by atoms with Gasteiger partial charge in [-0.25, -0.2) is 0 Å². The third-order valence-corrected chi connectivity index (χ3v) is 2.06. The van der Waals surface area contributed by atoms with Crippen molar-refractivity contribution in [1.29, 1.82) is 0 Å². The van der Waals surface area contributed by atoms with E-state index in [4.69, 9.17) is 9.47 Å². The normalized spacial score (nSPS) is 10.4. The summed E-state index contributed by atoms with van der Waals surface area (Å²) in [5, 5.41) is 16.3. The van der Waals surface area contributed by atoms with Gasteiger partial charge in [0.2, 0.25) is 5.88 Å². The van der Waals surface area contributed by atoms with Crippen molar-refractivity contribution in [3.8, 4) is 17.4 Å². The molecule has 0 aliphatic rings. The quantitative estimate of drug-likeness (QED) is 0.755. The average Bonchev–Trinajstić information content (AvgIpc) is 2.59. The first-order valence-corrected chi connectivity index (χ1v) is 4.06. The lowest BCUT2D eigenvalue weighted by Crippen LogP contribution is -1.90. The lowest BCUT2D eigenvalue weighted by Gasteiger charge is -2.06. The Bertz CT molecular complexity index is 464. The lowest BCUT2D eigenvalue weighted by molar-refractivity contribution is 0.358. The van der Waals surface area contributed by atoms with Gasteiger partial charge in [-0.05, 0) is 12.1 Å². The summed E-state index contributed by atoms with van der Waals surface area (Å²) in [5.74, 6) is 1.10. The van der Waals surface area contributed by atoms with E-state index in [0.717, 1.165) is 0 Å². The van der Waals surface area contributed by atoms with Crippen molar-refractivity contribution in [2.75, 3.05) is 14.2 Å². The van der Waals surface area contributed by atoms with Crippen LogP contribution in [0.15, 0.2) is 12.1 Å². The number of fused-ring (bicyclic) bond motifs is 1. The summed E-state index contributed by atoms with van der Waals surface area (Å²) in [4.78, 5) is 0. The Balaban J connectivity index is 2.77. The van der Waals surface area contributed by atoms with Gasteiger partial charge in [-0.2, -0.15) is 0 Å². The van der Waals surface area contributed by atoms with Gasteiger partial charge in [0.05, 0.1) is 19.6 Å². The fourth-order valence-electron chi connectivity index (χ4n) is 1.39. The number of aromatic hydroxyl groups is 1. The first kappa shape index (κ1) is 8.68. The molecule has 0 fully saturated rings. The molecule has 14 heavy (non-hydrogen) atoms. The van der Waals surface area contributed by atoms with Crippen LogP contribution in [0.4, 0.5) is 0 Å². The van der Waals surface area contributed by atoms with Gasteiger partial charge in [0, 0.05) is 0 Å². The van der Waals surface area contributed by atoms with E-state index >= 15 is 0 Å². The minimum atomic E-state index is -0.0408. The first-order valence-electron chi connectivity index (χ1n) is 4.06. The summed E-state index contributed by atoms with van der Waals surface area (Å²) < 4.78 is 10.3. The Morgan fingerprint density at radius 1 is 1.29 bits per heavy atom. The van der Waals surface area contributed by atoms with Gasteiger partial charge in [-0.3, -0.25) is 5.10 Å². The summed E-state index contributed by atoms with van der Waals surface area (Å²) in [6.45, 7) is 0. The van der Waals surface area contributed by atoms with Crippen molar-refractivity contribution in [2.24, 2.45) is 0 Å². The van der Waals surface area contributed by atoms with Crippen LogP contribution in [-0.2, 0) is 0 Å². The van der Waals surface area contributed by atoms with E-state index in [1.165, 1.54) is 7.11 Å². The molecule has 1 aromatic carbocycles. The van der Waals surface area contributed by atoms with Crippen LogP contribution in [0.2, 0.25) is 0 Å². The molecule has 2 rings (SSSR count). The molecule has 0 aliphatic carbocycles. The van der Waals surface area contributed by atoms with Gasteiger partial charge in [-0.1, -0.05) is 0 Å². The number of aromatic amines is 1. The standard InChI is InChI=1S/C9H10N2O3/c1-13-6-4-3-5-7(8(6)14-2)10-11-9(5)12/h3-4H,1-2H3,(H2,10,11,12). The lowest BCUT2D eigenvalue weighted by atomic mass is 10.2. The zero-order valence-electron chi connectivity index (χ0n) is 7.87. The SMILES string of the molecule is COc1ccc2c(O)n[nH]c2c1OC. The summed E-state index contributed by atoms with van der Waals surface area (Å²) in [6.07, 6.45) is 0. The van der Waals surface area contributed by atoms with Crippen LogP contribution in [-0.4, -0.2) is 29.5 Å². The van der Waals surface area contributed by atoms with E-state index in [-0.39, 0.29) is 5.88 Å². The number of nitrogens with zero attached hydrogens (tertiary/aromatic N) is 1. The Morgan fingerprint density at radius 3 is 2.71 bits per heavy atom. The number of rotatable bonds is 2. The van der Waals surface area contributed by atoms with Crippen LogP contribution in [0.3, 0.4) is 0 Å². The van der Waals surface area contributed by atoms with E-state index < -0.39 is 0 Å². The second-order valence-corrected chi connectivity index (χ2v) is 2.77. The van der Waals surface area contributed by atoms with Crippen molar-refractivity contribution in [3.05, 3.63) is 12.1 Å². The highest BCUT2D eigenvalue weighted by atomic mass is 16.5. The topological polar surface area (TPSA) is 67.4 Å². The van der Waals surface area contributed by atoms with E-state index in [2.05, 4.69) is 10.2 Å². The molecule has 5 nitrogen and oxygen atoms in total. The van der Waals surface area contributed by atoms with Crippen LogP contribution in [0.25, 0.3) is 10.9 Å². The minimum Gasteiger partial charge on any atom is -0.493 e. The number of H-pyrrole nitrogens is 1. The predicted octanol–water partition coefficient (Wildman–Crippen LogP) is 1.29. The zero-order valence-corrected chi connectivity index (χ0v) is 7.87. The minimum absolute atomic E-state index is 0.0408. The van der Waals surface area contributed by atoms with Crippen LogP contribution in [0, 0.1) is 0 Å². The molecule has 5 heteroatoms. The third kappa shape index (κ3) is 1.06.